The summed E-state index contributed by atoms with van der Waals surface area (Å²) in [5.41, 5.74) is 3.15. The number of unbranched alkanes of at least 4 members (excludes halogenated alkanes) is 5. The zero-order chi connectivity index (χ0) is 35.8. The first-order valence-electron chi connectivity index (χ1n) is 19.8. The number of hydrogen-bond acceptors (Lipinski definition) is 2. The fraction of sp³-hybridized carbons (Fsp3) is 0.721. The normalized spacial score (nSPS) is 20.9. The molecule has 2 nitrogen and oxygen atoms in total. The summed E-state index contributed by atoms with van der Waals surface area (Å²) < 4.78 is 67.5. The third-order valence-corrected chi connectivity index (χ3v) is 11.3. The van der Waals surface area contributed by atoms with Crippen molar-refractivity contribution >= 4 is 0 Å². The Morgan fingerprint density at radius 3 is 1.22 bits per heavy atom. The van der Waals surface area contributed by atoms with E-state index in [1.807, 2.05) is 6.92 Å². The zero-order valence-electron chi connectivity index (χ0n) is 31.6. The van der Waals surface area contributed by atoms with Crippen LogP contribution in [0.4, 0.5) is 17.6 Å². The number of halogens is 4. The second-order valence-electron chi connectivity index (χ2n) is 14.8. The molecule has 2 aromatic carbocycles. The summed E-state index contributed by atoms with van der Waals surface area (Å²) >= 11 is 0. The highest BCUT2D eigenvalue weighted by molar-refractivity contribution is 5.42. The molecule has 2 aromatic rings. The quantitative estimate of drug-likeness (QED) is 0.121. The lowest BCUT2D eigenvalue weighted by Gasteiger charge is -2.30. The highest BCUT2D eigenvalue weighted by Gasteiger charge is 2.29. The summed E-state index contributed by atoms with van der Waals surface area (Å²) in [5.74, 6) is -0.627. The Bertz CT molecular complexity index is 1250. The first-order chi connectivity index (χ1) is 23.7. The van der Waals surface area contributed by atoms with E-state index in [1.54, 1.807) is 12.1 Å². The summed E-state index contributed by atoms with van der Waals surface area (Å²) in [7, 11) is 2.82. The van der Waals surface area contributed by atoms with Gasteiger partial charge in [0.25, 0.3) is 0 Å². The van der Waals surface area contributed by atoms with E-state index in [9.17, 15) is 17.6 Å². The smallest absolute Gasteiger partial charge is 0.200 e. The van der Waals surface area contributed by atoms with Crippen molar-refractivity contribution in [3.05, 3.63) is 57.7 Å². The van der Waals surface area contributed by atoms with E-state index in [0.29, 0.717) is 35.8 Å². The van der Waals surface area contributed by atoms with Crippen LogP contribution in [0.5, 0.6) is 11.5 Å². The molecule has 0 N–H and O–H groups in total. The van der Waals surface area contributed by atoms with E-state index >= 15 is 0 Å². The Morgan fingerprint density at radius 1 is 0.490 bits per heavy atom. The molecule has 0 amide bonds. The van der Waals surface area contributed by atoms with Crippen LogP contribution >= 0.6 is 0 Å². The van der Waals surface area contributed by atoms with E-state index in [4.69, 9.17) is 9.47 Å². The van der Waals surface area contributed by atoms with E-state index in [2.05, 4.69) is 20.8 Å². The molecule has 2 aliphatic carbocycles. The molecule has 2 fully saturated rings. The SMILES string of the molecule is CCCCC[C@H]1CC[C@H](c2cc(OC)c(F)c(F)c2CCC)CC1.CCCCC[C@H]1CC[C@H](c2cc(OC)c(F)c(F)c2CCCC)CC1. The van der Waals surface area contributed by atoms with Gasteiger partial charge in [-0.25, -0.2) is 8.78 Å². The van der Waals surface area contributed by atoms with Crippen molar-refractivity contribution in [1.29, 1.82) is 0 Å². The molecule has 4 rings (SSSR count). The van der Waals surface area contributed by atoms with Gasteiger partial charge in [0.1, 0.15) is 0 Å². The van der Waals surface area contributed by atoms with Crippen molar-refractivity contribution in [1.82, 2.24) is 0 Å². The zero-order valence-corrected chi connectivity index (χ0v) is 31.6. The summed E-state index contributed by atoms with van der Waals surface area (Å²) in [6.45, 7) is 8.57. The van der Waals surface area contributed by atoms with Gasteiger partial charge in [-0.1, -0.05) is 91.9 Å². The molecule has 0 aliphatic heterocycles. The molecular weight excluding hydrogens is 624 g/mol. The van der Waals surface area contributed by atoms with Crippen molar-refractivity contribution in [2.75, 3.05) is 14.2 Å². The molecule has 2 aliphatic rings. The van der Waals surface area contributed by atoms with Crippen LogP contribution in [0.1, 0.15) is 184 Å². The number of hydrogen-bond donors (Lipinski definition) is 0. The van der Waals surface area contributed by atoms with Gasteiger partial charge in [0.05, 0.1) is 14.2 Å². The summed E-state index contributed by atoms with van der Waals surface area (Å²) in [6, 6.07) is 3.52. The Morgan fingerprint density at radius 2 is 0.878 bits per heavy atom. The molecule has 0 saturated heterocycles. The van der Waals surface area contributed by atoms with E-state index in [0.717, 1.165) is 67.9 Å². The molecule has 0 heterocycles. The first kappa shape index (κ1) is 41.2. The van der Waals surface area contributed by atoms with E-state index in [-0.39, 0.29) is 11.5 Å². The highest BCUT2D eigenvalue weighted by atomic mass is 19.2. The van der Waals surface area contributed by atoms with Crippen molar-refractivity contribution in [2.24, 2.45) is 11.8 Å². The standard InChI is InChI=1S/C22H34F2O.C21H32F2O/c1-4-6-8-9-16-11-13-17(14-12-16)19-15-20(25-3)22(24)21(23)18(19)10-7-5-2;1-4-6-7-9-15-10-12-16(13-11-15)18-14-19(24-3)21(23)20(22)17(18)8-5-2/h15-17H,4-14H2,1-3H3;14-16H,4-13H2,1-3H3/t16-,17-;15-,16-. The minimum absolute atomic E-state index is 0.0485. The third-order valence-electron chi connectivity index (χ3n) is 11.3. The molecule has 0 aromatic heterocycles. The second-order valence-corrected chi connectivity index (χ2v) is 14.8. The minimum atomic E-state index is -0.835. The van der Waals surface area contributed by atoms with Gasteiger partial charge in [0, 0.05) is 0 Å². The molecule has 278 valence electrons. The van der Waals surface area contributed by atoms with Crippen LogP contribution in [0, 0.1) is 35.1 Å². The van der Waals surface area contributed by atoms with Gasteiger partial charge in [-0.05, 0) is 129 Å². The van der Waals surface area contributed by atoms with Crippen molar-refractivity contribution in [3.63, 3.8) is 0 Å². The van der Waals surface area contributed by atoms with Gasteiger partial charge < -0.3 is 9.47 Å². The van der Waals surface area contributed by atoms with Crippen LogP contribution in [0.15, 0.2) is 12.1 Å². The summed E-state index contributed by atoms with van der Waals surface area (Å²) in [5, 5.41) is 0. The van der Waals surface area contributed by atoms with Gasteiger partial charge in [-0.2, -0.15) is 8.78 Å². The van der Waals surface area contributed by atoms with Crippen LogP contribution < -0.4 is 9.47 Å². The van der Waals surface area contributed by atoms with Crippen LogP contribution in [-0.2, 0) is 12.8 Å². The maximum absolute atomic E-state index is 14.6. The molecule has 2 saturated carbocycles. The number of methoxy groups -OCH3 is 2. The van der Waals surface area contributed by atoms with Crippen LogP contribution in [0.25, 0.3) is 0 Å². The van der Waals surface area contributed by atoms with Gasteiger partial charge in [-0.3, -0.25) is 0 Å². The van der Waals surface area contributed by atoms with Gasteiger partial charge in [0.15, 0.2) is 23.1 Å². The molecule has 49 heavy (non-hydrogen) atoms. The topological polar surface area (TPSA) is 18.5 Å². The molecular formula is C43H66F4O2. The van der Waals surface area contributed by atoms with Gasteiger partial charge in [0.2, 0.25) is 11.6 Å². The largest absolute Gasteiger partial charge is 0.494 e. The number of rotatable bonds is 17. The predicted octanol–water partition coefficient (Wildman–Crippen LogP) is 14.0. The lowest BCUT2D eigenvalue weighted by atomic mass is 9.75. The Hall–Kier alpha value is -2.24. The Labute approximate surface area is 296 Å². The maximum Gasteiger partial charge on any atom is 0.200 e. The first-order valence-corrected chi connectivity index (χ1v) is 19.8. The minimum Gasteiger partial charge on any atom is -0.494 e. The van der Waals surface area contributed by atoms with E-state index in [1.165, 1.54) is 91.3 Å². The van der Waals surface area contributed by atoms with Crippen LogP contribution in [0.2, 0.25) is 0 Å². The molecule has 0 atom stereocenters. The number of benzene rings is 2. The van der Waals surface area contributed by atoms with Gasteiger partial charge >= 0.3 is 0 Å². The highest BCUT2D eigenvalue weighted by Crippen LogP contribution is 2.43. The average molecular weight is 691 g/mol. The monoisotopic (exact) mass is 690 g/mol. The average Bonchev–Trinajstić information content (AvgIpc) is 3.12. The lowest BCUT2D eigenvalue weighted by molar-refractivity contribution is 0.299. The van der Waals surface area contributed by atoms with Crippen LogP contribution in [0.3, 0.4) is 0 Å². The summed E-state index contributed by atoms with van der Waals surface area (Å²) in [6.07, 6.45) is 23.6. The number of ether oxygens (including phenoxy) is 2. The maximum atomic E-state index is 14.6. The predicted molar refractivity (Wildman–Crippen MR) is 196 cm³/mol. The summed E-state index contributed by atoms with van der Waals surface area (Å²) in [4.78, 5) is 0. The van der Waals surface area contributed by atoms with Crippen molar-refractivity contribution in [3.8, 4) is 11.5 Å². The van der Waals surface area contributed by atoms with Crippen molar-refractivity contribution < 1.29 is 27.0 Å². The fourth-order valence-corrected chi connectivity index (χ4v) is 8.35. The third kappa shape index (κ3) is 11.6. The molecule has 0 radical (unpaired) electrons. The Kier molecular flexibility index (Phi) is 18.4. The van der Waals surface area contributed by atoms with E-state index < -0.39 is 23.3 Å². The molecule has 0 bridgehead atoms. The Balaban J connectivity index is 0.000000266. The second kappa shape index (κ2) is 21.9. The molecule has 0 unspecified atom stereocenters. The lowest BCUT2D eigenvalue weighted by Crippen LogP contribution is -2.16. The van der Waals surface area contributed by atoms with Gasteiger partial charge in [-0.15, -0.1) is 0 Å². The van der Waals surface area contributed by atoms with Crippen molar-refractivity contribution in [2.45, 2.75) is 174 Å². The molecule has 0 spiro atoms. The van der Waals surface area contributed by atoms with Crippen LogP contribution in [-0.4, -0.2) is 14.2 Å². The fourth-order valence-electron chi connectivity index (χ4n) is 8.35. The molecule has 6 heteroatoms.